The van der Waals surface area contributed by atoms with Crippen LogP contribution >= 0.6 is 0 Å². The molecule has 0 aromatic carbocycles. The summed E-state index contributed by atoms with van der Waals surface area (Å²) in [5.74, 6) is 0.901. The molecule has 8 heteroatoms. The second-order valence-electron chi connectivity index (χ2n) is 6.13. The monoisotopic (exact) mass is 350 g/mol. The zero-order valence-electron chi connectivity index (χ0n) is 15.6. The lowest BCUT2D eigenvalue weighted by molar-refractivity contribution is -0.120. The Morgan fingerprint density at radius 1 is 1.36 bits per heavy atom. The molecule has 1 N–H and O–H groups in total. The van der Waals surface area contributed by atoms with Gasteiger partial charge in [0.1, 0.15) is 6.54 Å². The van der Waals surface area contributed by atoms with E-state index in [1.807, 2.05) is 25.1 Å². The molecule has 0 aliphatic carbocycles. The van der Waals surface area contributed by atoms with Gasteiger partial charge in [-0.2, -0.15) is 5.10 Å². The SMILES string of the molecule is CCNC(=NCCCCCOC)N1CCN(c2cnn(C)c2)C(=O)C1. The van der Waals surface area contributed by atoms with Crippen molar-refractivity contribution in [3.8, 4) is 0 Å². The molecular weight excluding hydrogens is 320 g/mol. The second kappa shape index (κ2) is 10.0. The first kappa shape index (κ1) is 19.2. The van der Waals surface area contributed by atoms with E-state index in [0.717, 1.165) is 57.2 Å². The number of amides is 1. The average molecular weight is 350 g/mol. The highest BCUT2D eigenvalue weighted by Gasteiger charge is 2.27. The van der Waals surface area contributed by atoms with Gasteiger partial charge in [-0.3, -0.25) is 14.5 Å². The zero-order chi connectivity index (χ0) is 18.1. The van der Waals surface area contributed by atoms with E-state index < -0.39 is 0 Å². The lowest BCUT2D eigenvalue weighted by Gasteiger charge is -2.35. The number of nitrogens with zero attached hydrogens (tertiary/aromatic N) is 5. The summed E-state index contributed by atoms with van der Waals surface area (Å²) in [5.41, 5.74) is 0.854. The number of hydrogen-bond donors (Lipinski definition) is 1. The molecule has 1 fully saturated rings. The van der Waals surface area contributed by atoms with Crippen LogP contribution in [0, 0.1) is 0 Å². The minimum atomic E-state index is 0.0740. The molecule has 0 atom stereocenters. The lowest BCUT2D eigenvalue weighted by atomic mass is 10.2. The molecule has 25 heavy (non-hydrogen) atoms. The normalized spacial score (nSPS) is 15.8. The fraction of sp³-hybridized carbons (Fsp3) is 0.706. The van der Waals surface area contributed by atoms with Gasteiger partial charge in [0, 0.05) is 53.1 Å². The standard InChI is InChI=1S/C17H30N6O2/c1-4-18-17(19-8-6-5-7-11-25-3)22-9-10-23(16(24)14-22)15-12-20-21(2)13-15/h12-13H,4-11,14H2,1-3H3,(H,18,19). The van der Waals surface area contributed by atoms with Gasteiger partial charge < -0.3 is 19.9 Å². The van der Waals surface area contributed by atoms with Gasteiger partial charge in [0.05, 0.1) is 11.9 Å². The molecule has 8 nitrogen and oxygen atoms in total. The fourth-order valence-corrected chi connectivity index (χ4v) is 2.82. The van der Waals surface area contributed by atoms with Crippen LogP contribution in [-0.4, -0.2) is 73.0 Å². The van der Waals surface area contributed by atoms with Crippen molar-refractivity contribution in [3.05, 3.63) is 12.4 Å². The van der Waals surface area contributed by atoms with Crippen LogP contribution in [-0.2, 0) is 16.6 Å². The summed E-state index contributed by atoms with van der Waals surface area (Å²) in [4.78, 5) is 21.0. The Kier molecular flexibility index (Phi) is 7.72. The first-order valence-corrected chi connectivity index (χ1v) is 8.97. The summed E-state index contributed by atoms with van der Waals surface area (Å²) in [6.07, 6.45) is 6.79. The van der Waals surface area contributed by atoms with Crippen molar-refractivity contribution < 1.29 is 9.53 Å². The van der Waals surface area contributed by atoms with Crippen molar-refractivity contribution in [2.24, 2.45) is 12.0 Å². The van der Waals surface area contributed by atoms with E-state index in [-0.39, 0.29) is 5.91 Å². The Labute approximate surface area is 149 Å². The number of nitrogens with one attached hydrogen (secondary N) is 1. The molecule has 1 aliphatic rings. The fourth-order valence-electron chi connectivity index (χ4n) is 2.82. The molecule has 0 radical (unpaired) electrons. The van der Waals surface area contributed by atoms with Crippen LogP contribution in [0.5, 0.6) is 0 Å². The van der Waals surface area contributed by atoms with Crippen LogP contribution in [0.25, 0.3) is 0 Å². The second-order valence-corrected chi connectivity index (χ2v) is 6.13. The summed E-state index contributed by atoms with van der Waals surface area (Å²) >= 11 is 0. The summed E-state index contributed by atoms with van der Waals surface area (Å²) in [6, 6.07) is 0. The number of unbranched alkanes of at least 4 members (excludes halogenated alkanes) is 2. The average Bonchev–Trinajstić information content (AvgIpc) is 3.03. The van der Waals surface area contributed by atoms with E-state index in [1.54, 1.807) is 22.9 Å². The quantitative estimate of drug-likeness (QED) is 0.427. The zero-order valence-corrected chi connectivity index (χ0v) is 15.6. The minimum Gasteiger partial charge on any atom is -0.385 e. The smallest absolute Gasteiger partial charge is 0.246 e. The van der Waals surface area contributed by atoms with Gasteiger partial charge in [-0.15, -0.1) is 0 Å². The number of aromatic nitrogens is 2. The van der Waals surface area contributed by atoms with Gasteiger partial charge in [-0.25, -0.2) is 0 Å². The van der Waals surface area contributed by atoms with Gasteiger partial charge in [-0.05, 0) is 26.2 Å². The molecule has 0 saturated carbocycles. The topological polar surface area (TPSA) is 75.0 Å². The van der Waals surface area contributed by atoms with E-state index in [4.69, 9.17) is 4.74 Å². The molecule has 1 aliphatic heterocycles. The number of piperazine rings is 1. The van der Waals surface area contributed by atoms with Gasteiger partial charge in [0.25, 0.3) is 0 Å². The molecule has 2 heterocycles. The highest BCUT2D eigenvalue weighted by Crippen LogP contribution is 2.16. The number of carbonyl (C=O) groups is 1. The number of aryl methyl sites for hydroxylation is 1. The van der Waals surface area contributed by atoms with Crippen molar-refractivity contribution in [2.75, 3.05) is 51.3 Å². The van der Waals surface area contributed by atoms with Gasteiger partial charge >= 0.3 is 0 Å². The highest BCUT2D eigenvalue weighted by atomic mass is 16.5. The van der Waals surface area contributed by atoms with E-state index in [0.29, 0.717) is 13.1 Å². The van der Waals surface area contributed by atoms with Crippen LogP contribution in [0.2, 0.25) is 0 Å². The Balaban J connectivity index is 1.88. The predicted octanol–water partition coefficient (Wildman–Crippen LogP) is 0.851. The van der Waals surface area contributed by atoms with E-state index in [2.05, 4.69) is 15.4 Å². The maximum Gasteiger partial charge on any atom is 0.246 e. The van der Waals surface area contributed by atoms with Crippen LogP contribution < -0.4 is 10.2 Å². The molecule has 2 rings (SSSR count). The Bertz CT molecular complexity index is 571. The van der Waals surface area contributed by atoms with Crippen LogP contribution in [0.3, 0.4) is 0 Å². The molecule has 1 amide bonds. The van der Waals surface area contributed by atoms with Crippen molar-refractivity contribution >= 4 is 17.6 Å². The molecule has 1 aromatic rings. The molecule has 0 spiro atoms. The molecule has 140 valence electrons. The summed E-state index contributed by atoms with van der Waals surface area (Å²) in [6.45, 7) is 6.14. The Morgan fingerprint density at radius 3 is 2.84 bits per heavy atom. The highest BCUT2D eigenvalue weighted by molar-refractivity contribution is 5.98. The number of hydrogen-bond acceptors (Lipinski definition) is 4. The van der Waals surface area contributed by atoms with Crippen LogP contribution in [0.15, 0.2) is 17.4 Å². The van der Waals surface area contributed by atoms with Gasteiger partial charge in [0.15, 0.2) is 5.96 Å². The molecule has 0 unspecified atom stereocenters. The van der Waals surface area contributed by atoms with Gasteiger partial charge in [0.2, 0.25) is 5.91 Å². The maximum atomic E-state index is 12.5. The van der Waals surface area contributed by atoms with Crippen molar-refractivity contribution in [1.29, 1.82) is 0 Å². The molecule has 0 bridgehead atoms. The van der Waals surface area contributed by atoms with Crippen LogP contribution in [0.1, 0.15) is 26.2 Å². The number of carbonyl (C=O) groups excluding carboxylic acids is 1. The first-order valence-electron chi connectivity index (χ1n) is 8.97. The Hall–Kier alpha value is -2.09. The van der Waals surface area contributed by atoms with E-state index in [9.17, 15) is 4.79 Å². The number of guanidine groups is 1. The third kappa shape index (κ3) is 5.74. The number of anilines is 1. The Morgan fingerprint density at radius 2 is 2.20 bits per heavy atom. The molecule has 1 saturated heterocycles. The van der Waals surface area contributed by atoms with Gasteiger partial charge in [-0.1, -0.05) is 0 Å². The molecular formula is C17H30N6O2. The largest absolute Gasteiger partial charge is 0.385 e. The minimum absolute atomic E-state index is 0.0740. The third-order valence-corrected chi connectivity index (χ3v) is 4.13. The lowest BCUT2D eigenvalue weighted by Crippen LogP contribution is -2.55. The predicted molar refractivity (Wildman–Crippen MR) is 98.8 cm³/mol. The van der Waals surface area contributed by atoms with Crippen molar-refractivity contribution in [1.82, 2.24) is 20.0 Å². The molecule has 1 aromatic heterocycles. The van der Waals surface area contributed by atoms with E-state index in [1.165, 1.54) is 0 Å². The van der Waals surface area contributed by atoms with E-state index >= 15 is 0 Å². The summed E-state index contributed by atoms with van der Waals surface area (Å²) < 4.78 is 6.77. The maximum absolute atomic E-state index is 12.5. The number of ether oxygens (including phenoxy) is 1. The van der Waals surface area contributed by atoms with Crippen molar-refractivity contribution in [2.45, 2.75) is 26.2 Å². The number of aliphatic imine (C=N–C) groups is 1. The summed E-state index contributed by atoms with van der Waals surface area (Å²) in [7, 11) is 3.58. The number of methoxy groups -OCH3 is 1. The number of rotatable bonds is 8. The first-order chi connectivity index (χ1) is 12.2. The third-order valence-electron chi connectivity index (χ3n) is 4.13. The van der Waals surface area contributed by atoms with Crippen molar-refractivity contribution in [3.63, 3.8) is 0 Å². The summed E-state index contributed by atoms with van der Waals surface area (Å²) in [5, 5.41) is 7.44. The van der Waals surface area contributed by atoms with Crippen LogP contribution in [0.4, 0.5) is 5.69 Å².